The van der Waals surface area contributed by atoms with E-state index in [1.165, 1.54) is 17.4 Å². The molecule has 122 valence electrons. The van der Waals surface area contributed by atoms with E-state index in [1.807, 2.05) is 5.38 Å². The maximum atomic E-state index is 12.5. The highest BCUT2D eigenvalue weighted by Gasteiger charge is 2.41. The van der Waals surface area contributed by atoms with Crippen LogP contribution in [-0.2, 0) is 23.0 Å². The first-order valence-corrected chi connectivity index (χ1v) is 9.81. The minimum atomic E-state index is -3.76. The van der Waals surface area contributed by atoms with Crippen molar-refractivity contribution < 1.29 is 13.2 Å². The number of hydrogen-bond acceptors (Lipinski definition) is 5. The van der Waals surface area contributed by atoms with Crippen LogP contribution in [0.15, 0.2) is 34.5 Å². The molecule has 0 atom stereocenters. The molecule has 0 aliphatic carbocycles. The Morgan fingerprint density at radius 2 is 2.00 bits per heavy atom. The van der Waals surface area contributed by atoms with Crippen LogP contribution in [0.25, 0.3) is 0 Å². The van der Waals surface area contributed by atoms with E-state index >= 15 is 0 Å². The van der Waals surface area contributed by atoms with Gasteiger partial charge in [-0.25, -0.2) is 17.7 Å². The number of thiazole rings is 1. The van der Waals surface area contributed by atoms with Crippen molar-refractivity contribution in [3.63, 3.8) is 0 Å². The SMILES string of the molecule is CC(C)CCc1nc(CN2C(=O)c3ccccc3S2(=O)=O)cs1. The van der Waals surface area contributed by atoms with Gasteiger partial charge >= 0.3 is 0 Å². The molecule has 2 aromatic rings. The van der Waals surface area contributed by atoms with Crippen molar-refractivity contribution in [2.45, 2.75) is 38.1 Å². The molecule has 1 aromatic carbocycles. The number of carbonyl (C=O) groups is 1. The number of rotatable bonds is 5. The summed E-state index contributed by atoms with van der Waals surface area (Å²) in [4.78, 5) is 16.9. The number of aryl methyl sites for hydroxylation is 1. The Morgan fingerprint density at radius 1 is 1.26 bits per heavy atom. The third kappa shape index (κ3) is 3.03. The predicted molar refractivity (Wildman–Crippen MR) is 88.8 cm³/mol. The van der Waals surface area contributed by atoms with Crippen molar-refractivity contribution in [1.29, 1.82) is 0 Å². The molecule has 0 spiro atoms. The fourth-order valence-electron chi connectivity index (χ4n) is 2.48. The molecular formula is C16H18N2O3S2. The summed E-state index contributed by atoms with van der Waals surface area (Å²) in [5, 5.41) is 2.82. The van der Waals surface area contributed by atoms with E-state index in [-0.39, 0.29) is 17.0 Å². The number of fused-ring (bicyclic) bond motifs is 1. The van der Waals surface area contributed by atoms with Crippen molar-refractivity contribution >= 4 is 27.3 Å². The molecule has 23 heavy (non-hydrogen) atoms. The molecule has 0 radical (unpaired) electrons. The number of carbonyl (C=O) groups excluding carboxylic acids is 1. The van der Waals surface area contributed by atoms with E-state index < -0.39 is 15.9 Å². The van der Waals surface area contributed by atoms with Gasteiger partial charge in [-0.15, -0.1) is 11.3 Å². The molecule has 1 aromatic heterocycles. The molecular weight excluding hydrogens is 332 g/mol. The minimum absolute atomic E-state index is 0.00593. The first kappa shape index (κ1) is 16.1. The van der Waals surface area contributed by atoms with Crippen LogP contribution in [0.4, 0.5) is 0 Å². The predicted octanol–water partition coefficient (Wildman–Crippen LogP) is 3.08. The molecule has 1 aliphatic rings. The van der Waals surface area contributed by atoms with Gasteiger partial charge in [-0.2, -0.15) is 0 Å². The smallest absolute Gasteiger partial charge is 0.268 e. The van der Waals surface area contributed by atoms with Crippen LogP contribution in [0.5, 0.6) is 0 Å². The Bertz CT molecular complexity index is 841. The molecule has 0 N–H and O–H groups in total. The summed E-state index contributed by atoms with van der Waals surface area (Å²) in [6.45, 7) is 4.30. The zero-order valence-electron chi connectivity index (χ0n) is 13.0. The molecule has 0 bridgehead atoms. The molecule has 0 unspecified atom stereocenters. The molecule has 7 heteroatoms. The Labute approximate surface area is 140 Å². The van der Waals surface area contributed by atoms with Crippen LogP contribution >= 0.6 is 11.3 Å². The van der Waals surface area contributed by atoms with Gasteiger partial charge in [-0.3, -0.25) is 4.79 Å². The van der Waals surface area contributed by atoms with E-state index in [9.17, 15) is 13.2 Å². The lowest BCUT2D eigenvalue weighted by molar-refractivity contribution is 0.0864. The molecule has 5 nitrogen and oxygen atoms in total. The second-order valence-electron chi connectivity index (χ2n) is 5.98. The van der Waals surface area contributed by atoms with Gasteiger partial charge in [-0.05, 0) is 30.9 Å². The summed E-state index contributed by atoms with van der Waals surface area (Å²) < 4.78 is 25.9. The van der Waals surface area contributed by atoms with Gasteiger partial charge < -0.3 is 0 Å². The van der Waals surface area contributed by atoms with E-state index in [0.29, 0.717) is 11.6 Å². The standard InChI is InChI=1S/C16H18N2O3S2/c1-11(2)7-8-15-17-12(10-22-15)9-18-16(19)13-5-3-4-6-14(13)23(18,20)21/h3-6,10-11H,7-9H2,1-2H3. The second-order valence-corrected chi connectivity index (χ2v) is 8.75. The van der Waals surface area contributed by atoms with Crippen LogP contribution in [0, 0.1) is 5.92 Å². The molecule has 0 fully saturated rings. The largest absolute Gasteiger partial charge is 0.269 e. The summed E-state index contributed by atoms with van der Waals surface area (Å²) in [6.07, 6.45) is 1.92. The number of aromatic nitrogens is 1. The highest BCUT2D eigenvalue weighted by molar-refractivity contribution is 7.90. The van der Waals surface area contributed by atoms with Crippen LogP contribution in [0.1, 0.15) is 41.3 Å². The Morgan fingerprint density at radius 3 is 2.70 bits per heavy atom. The van der Waals surface area contributed by atoms with Gasteiger partial charge in [0.05, 0.1) is 22.8 Å². The Kier molecular flexibility index (Phi) is 4.25. The van der Waals surface area contributed by atoms with Crippen LogP contribution in [0.3, 0.4) is 0 Å². The zero-order chi connectivity index (χ0) is 16.6. The zero-order valence-corrected chi connectivity index (χ0v) is 14.7. The Hall–Kier alpha value is -1.73. The summed E-state index contributed by atoms with van der Waals surface area (Å²) in [5.41, 5.74) is 0.862. The summed E-state index contributed by atoms with van der Waals surface area (Å²) in [7, 11) is -3.76. The van der Waals surface area contributed by atoms with Gasteiger partial charge in [0, 0.05) is 5.38 Å². The van der Waals surface area contributed by atoms with Gasteiger partial charge in [0.1, 0.15) is 4.90 Å². The lowest BCUT2D eigenvalue weighted by atomic mass is 10.1. The highest BCUT2D eigenvalue weighted by Crippen LogP contribution is 2.31. The van der Waals surface area contributed by atoms with Crippen molar-refractivity contribution in [3.8, 4) is 0 Å². The van der Waals surface area contributed by atoms with Crippen LogP contribution in [-0.4, -0.2) is 23.6 Å². The first-order valence-electron chi connectivity index (χ1n) is 7.49. The molecule has 0 saturated carbocycles. The van der Waals surface area contributed by atoms with Crippen LogP contribution < -0.4 is 0 Å². The fraction of sp³-hybridized carbons (Fsp3) is 0.375. The third-order valence-electron chi connectivity index (χ3n) is 3.75. The van der Waals surface area contributed by atoms with Crippen molar-refractivity contribution in [2.24, 2.45) is 5.92 Å². The molecule has 3 rings (SSSR count). The molecule has 1 amide bonds. The van der Waals surface area contributed by atoms with Gasteiger partial charge in [0.25, 0.3) is 15.9 Å². The third-order valence-corrected chi connectivity index (χ3v) is 6.50. The van der Waals surface area contributed by atoms with E-state index in [1.54, 1.807) is 18.2 Å². The maximum absolute atomic E-state index is 12.5. The average molecular weight is 350 g/mol. The second kappa shape index (κ2) is 6.05. The molecule has 2 heterocycles. The average Bonchev–Trinajstić information content (AvgIpc) is 3.04. The normalized spacial score (nSPS) is 16.1. The van der Waals surface area contributed by atoms with Crippen LogP contribution in [0.2, 0.25) is 0 Å². The van der Waals surface area contributed by atoms with Gasteiger partial charge in [0.2, 0.25) is 0 Å². The fourth-order valence-corrected chi connectivity index (χ4v) is 4.83. The van der Waals surface area contributed by atoms with Gasteiger partial charge in [0.15, 0.2) is 0 Å². The molecule has 0 saturated heterocycles. The lowest BCUT2D eigenvalue weighted by Crippen LogP contribution is -2.29. The number of sulfonamides is 1. The van der Waals surface area contributed by atoms with E-state index in [0.717, 1.165) is 22.2 Å². The lowest BCUT2D eigenvalue weighted by Gasteiger charge is -2.13. The van der Waals surface area contributed by atoms with E-state index in [4.69, 9.17) is 0 Å². The van der Waals surface area contributed by atoms with E-state index in [2.05, 4.69) is 18.8 Å². The quantitative estimate of drug-likeness (QED) is 0.831. The maximum Gasteiger partial charge on any atom is 0.269 e. The van der Waals surface area contributed by atoms with Gasteiger partial charge in [-0.1, -0.05) is 26.0 Å². The summed E-state index contributed by atoms with van der Waals surface area (Å²) in [6, 6.07) is 6.31. The number of benzene rings is 1. The van der Waals surface area contributed by atoms with Crippen molar-refractivity contribution in [1.82, 2.24) is 9.29 Å². The summed E-state index contributed by atoms with van der Waals surface area (Å²) in [5.74, 6) is 0.120. The Balaban J connectivity index is 1.80. The first-order chi connectivity index (χ1) is 10.9. The van der Waals surface area contributed by atoms with Crippen molar-refractivity contribution in [3.05, 3.63) is 45.9 Å². The highest BCUT2D eigenvalue weighted by atomic mass is 32.2. The number of hydrogen-bond donors (Lipinski definition) is 0. The van der Waals surface area contributed by atoms with Crippen molar-refractivity contribution in [2.75, 3.05) is 0 Å². The minimum Gasteiger partial charge on any atom is -0.268 e. The monoisotopic (exact) mass is 350 g/mol. The molecule has 1 aliphatic heterocycles. The summed E-state index contributed by atoms with van der Waals surface area (Å²) >= 11 is 1.52. The number of nitrogens with zero attached hydrogens (tertiary/aromatic N) is 2. The number of amides is 1. The topological polar surface area (TPSA) is 67.3 Å².